The Balaban J connectivity index is 1.61. The Morgan fingerprint density at radius 2 is 0.760 bits per heavy atom. The Bertz CT molecular complexity index is 1150. The molecule has 0 aliphatic carbocycles. The minimum atomic E-state index is -2.01. The second-order valence-electron chi connectivity index (χ2n) is 12.7. The minimum absolute atomic E-state index is 0.702. The van der Waals surface area contributed by atoms with Crippen LogP contribution >= 0.6 is 0 Å². The van der Waals surface area contributed by atoms with Crippen molar-refractivity contribution in [1.29, 1.82) is 0 Å². The van der Waals surface area contributed by atoms with Gasteiger partial charge in [-0.15, -0.1) is 0 Å². The van der Waals surface area contributed by atoms with Gasteiger partial charge in [0.1, 0.15) is 97.5 Å². The molecule has 9 rings (SSSR count). The number of ether oxygens (including phenoxy) is 8. The van der Waals surface area contributed by atoms with Crippen LogP contribution in [0.15, 0.2) is 0 Å². The first kappa shape index (κ1) is 39.4. The summed E-state index contributed by atoms with van der Waals surface area (Å²) in [5, 5.41) is 113. The smallest absolute Gasteiger partial charge is 0.217 e. The van der Waals surface area contributed by atoms with Crippen LogP contribution in [0, 0.1) is 0 Å². The van der Waals surface area contributed by atoms with Crippen molar-refractivity contribution in [2.24, 2.45) is 0 Å². The highest BCUT2D eigenvalue weighted by molar-refractivity contribution is 5.73. The summed E-state index contributed by atoms with van der Waals surface area (Å²) in [5.74, 6) is -1.41. The van der Waals surface area contributed by atoms with E-state index in [-0.39, 0.29) is 0 Å². The van der Waals surface area contributed by atoms with E-state index in [0.717, 1.165) is 13.8 Å². The zero-order chi connectivity index (χ0) is 36.6. The Labute approximate surface area is 284 Å². The van der Waals surface area contributed by atoms with Gasteiger partial charge in [0, 0.05) is 13.8 Å². The molecular weight excluding hydrogens is 684 g/mol. The molecule has 0 aromatic carbocycles. The molecule has 0 aromatic heterocycles. The van der Waals surface area contributed by atoms with Crippen LogP contribution in [0.3, 0.4) is 0 Å². The SMILES string of the molecule is CC(=O)N[C@H]1[C@@H]2O[C@H]3[C@H](O)[C@H](O)[C@H](O[C@H]4[C@H](O)[C@H](O)[C@@H](O[C@H]5[C@H](O)[C@@H](CO)O[C@@H](O[C@@H]([C@@H]1O)[C@@H](CO)O2)[C@@H]5NC(C)=O)O[C@@H]4CO)O[C@@H]3CO. The Morgan fingerprint density at radius 3 is 1.20 bits per heavy atom. The first-order chi connectivity index (χ1) is 23.7. The van der Waals surface area contributed by atoms with Crippen LogP contribution < -0.4 is 10.6 Å². The van der Waals surface area contributed by atoms with E-state index in [2.05, 4.69) is 10.6 Å². The number of aliphatic hydroxyl groups is 10. The van der Waals surface area contributed by atoms with Crippen molar-refractivity contribution in [3.8, 4) is 0 Å². The van der Waals surface area contributed by atoms with Gasteiger partial charge in [0.05, 0.1) is 26.4 Å². The number of rotatable bonds is 6. The molecule has 288 valence electrons. The van der Waals surface area contributed by atoms with Crippen LogP contribution in [0.2, 0.25) is 0 Å². The van der Waals surface area contributed by atoms with Crippen LogP contribution in [0.5, 0.6) is 0 Å². The molecule has 9 aliphatic rings. The lowest BCUT2D eigenvalue weighted by Crippen LogP contribution is -2.71. The number of fused-ring (bicyclic) bond motifs is 1. The fourth-order valence-electron chi connectivity index (χ4n) is 6.76. The molecule has 12 N–H and O–H groups in total. The maximum Gasteiger partial charge on any atom is 0.217 e. The van der Waals surface area contributed by atoms with Crippen LogP contribution in [0.4, 0.5) is 0 Å². The zero-order valence-corrected chi connectivity index (χ0v) is 26.9. The van der Waals surface area contributed by atoms with Crippen molar-refractivity contribution in [3.05, 3.63) is 0 Å². The summed E-state index contributed by atoms with van der Waals surface area (Å²) in [6, 6.07) is -3.06. The Kier molecular flexibility index (Phi) is 13.0. The molecule has 50 heavy (non-hydrogen) atoms. The normalized spacial score (nSPS) is 49.8. The molecule has 9 aliphatic heterocycles. The van der Waals surface area contributed by atoms with E-state index in [1.165, 1.54) is 0 Å². The van der Waals surface area contributed by atoms with Crippen molar-refractivity contribution < 1.29 is 98.5 Å². The number of hydrogen-bond acceptors (Lipinski definition) is 20. The molecule has 2 amide bonds. The van der Waals surface area contributed by atoms with Gasteiger partial charge in [0.25, 0.3) is 0 Å². The molecule has 0 aromatic rings. The van der Waals surface area contributed by atoms with E-state index in [0.29, 0.717) is 0 Å². The van der Waals surface area contributed by atoms with Crippen molar-refractivity contribution in [2.75, 3.05) is 26.4 Å². The molecular formula is C28H46N2O20. The number of amides is 2. The summed E-state index contributed by atoms with van der Waals surface area (Å²) in [4.78, 5) is 24.7. The lowest BCUT2D eigenvalue weighted by atomic mass is 9.93. The molecule has 9 heterocycles. The van der Waals surface area contributed by atoms with Gasteiger partial charge >= 0.3 is 0 Å². The molecule has 0 radical (unpaired) electrons. The zero-order valence-electron chi connectivity index (χ0n) is 26.9. The topological polar surface area (TPSA) is 334 Å². The van der Waals surface area contributed by atoms with Crippen LogP contribution in [0.25, 0.3) is 0 Å². The summed E-state index contributed by atoms with van der Waals surface area (Å²) in [6.45, 7) is -1.26. The van der Waals surface area contributed by atoms with Gasteiger partial charge in [-0.2, -0.15) is 0 Å². The molecule has 22 nitrogen and oxygen atoms in total. The van der Waals surface area contributed by atoms with Gasteiger partial charge in [-0.05, 0) is 0 Å². The van der Waals surface area contributed by atoms with Gasteiger partial charge in [-0.25, -0.2) is 0 Å². The van der Waals surface area contributed by atoms with Gasteiger partial charge in [0.2, 0.25) is 11.8 Å². The van der Waals surface area contributed by atoms with Gasteiger partial charge in [-0.1, -0.05) is 0 Å². The first-order valence-electron chi connectivity index (χ1n) is 16.0. The Morgan fingerprint density at radius 1 is 0.420 bits per heavy atom. The fraction of sp³-hybridized carbons (Fsp3) is 0.929. The molecule has 0 saturated carbocycles. The predicted octanol–water partition coefficient (Wildman–Crippen LogP) is -8.42. The number of carbonyl (C=O) groups is 2. The minimum Gasteiger partial charge on any atom is -0.394 e. The second kappa shape index (κ2) is 16.5. The second-order valence-corrected chi connectivity index (χ2v) is 12.7. The summed E-state index contributed by atoms with van der Waals surface area (Å²) in [5.41, 5.74) is 0. The third kappa shape index (κ3) is 7.78. The average Bonchev–Trinajstić information content (AvgIpc) is 3.07. The standard InChI is InChI=1S/C28H46N2O20/c1-7(35)29-13-16(38)21-10(4-32)44-25(13)48-22-11(5-33)45-27(19(41)17(22)39)49-23-12(6-34)46-28(20(42)18(23)40)50-24-14(30-8(2)36)26(47-21)43-9(3-31)15(24)37/h9-28,31-34,37-42H,3-6H2,1-2H3,(H,29,35)(H,30,36)/t9-,10-,11-,12-,13-,14-,15-,16-,17-,18-,19+,20+,21-,22-,23-,24-,25+,26+,27+,28-/m1/s1. The Hall–Kier alpha value is -1.78. The third-order valence-corrected chi connectivity index (χ3v) is 9.25. The maximum atomic E-state index is 12.4. The van der Waals surface area contributed by atoms with Gasteiger partial charge < -0.3 is 99.6 Å². The third-order valence-electron chi connectivity index (χ3n) is 9.25. The highest BCUT2D eigenvalue weighted by Crippen LogP contribution is 2.36. The van der Waals surface area contributed by atoms with E-state index in [1.54, 1.807) is 0 Å². The molecule has 20 atom stereocenters. The van der Waals surface area contributed by atoms with E-state index in [4.69, 9.17) is 37.9 Å². The number of aliphatic hydroxyl groups excluding tert-OH is 10. The molecule has 9 fully saturated rings. The number of hydrogen-bond donors (Lipinski definition) is 12. The van der Waals surface area contributed by atoms with Crippen molar-refractivity contribution in [2.45, 2.75) is 137 Å². The molecule has 9 saturated heterocycles. The van der Waals surface area contributed by atoms with E-state index in [9.17, 15) is 60.7 Å². The lowest BCUT2D eigenvalue weighted by Gasteiger charge is -2.50. The molecule has 0 spiro atoms. The lowest BCUT2D eigenvalue weighted by molar-refractivity contribution is -0.377. The summed E-state index contributed by atoms with van der Waals surface area (Å²) < 4.78 is 46.6. The van der Waals surface area contributed by atoms with Gasteiger partial charge in [0.15, 0.2) is 25.2 Å². The fourth-order valence-corrected chi connectivity index (χ4v) is 6.76. The van der Waals surface area contributed by atoms with Crippen molar-refractivity contribution in [1.82, 2.24) is 10.6 Å². The van der Waals surface area contributed by atoms with Crippen LogP contribution in [0.1, 0.15) is 13.8 Å². The largest absolute Gasteiger partial charge is 0.394 e. The molecule has 22 heteroatoms. The monoisotopic (exact) mass is 730 g/mol. The maximum absolute atomic E-state index is 12.4. The van der Waals surface area contributed by atoms with Gasteiger partial charge in [-0.3, -0.25) is 9.59 Å². The average molecular weight is 731 g/mol. The highest BCUT2D eigenvalue weighted by Gasteiger charge is 2.57. The summed E-state index contributed by atoms with van der Waals surface area (Å²) >= 11 is 0. The van der Waals surface area contributed by atoms with E-state index in [1.807, 2.05) is 0 Å². The van der Waals surface area contributed by atoms with Crippen molar-refractivity contribution in [3.63, 3.8) is 0 Å². The highest BCUT2D eigenvalue weighted by atomic mass is 16.8. The number of nitrogens with one attached hydrogen (secondary N) is 2. The predicted molar refractivity (Wildman–Crippen MR) is 154 cm³/mol. The van der Waals surface area contributed by atoms with E-state index < -0.39 is 161 Å². The van der Waals surface area contributed by atoms with Crippen LogP contribution in [-0.2, 0) is 47.5 Å². The van der Waals surface area contributed by atoms with Crippen molar-refractivity contribution >= 4 is 11.8 Å². The summed E-state index contributed by atoms with van der Waals surface area (Å²) in [7, 11) is 0. The first-order valence-corrected chi connectivity index (χ1v) is 16.0. The van der Waals surface area contributed by atoms with Crippen LogP contribution in [-0.4, -0.2) is 212 Å². The molecule has 8 bridgehead atoms. The number of carbonyl (C=O) groups excluding carboxylic acids is 2. The quantitative estimate of drug-likeness (QED) is 0.121. The van der Waals surface area contributed by atoms with E-state index >= 15 is 0 Å². The molecule has 0 unspecified atom stereocenters. The summed E-state index contributed by atoms with van der Waals surface area (Å²) in [6.07, 6.45) is -31.3.